The zero-order valence-corrected chi connectivity index (χ0v) is 10.9. The van der Waals surface area contributed by atoms with E-state index in [0.717, 1.165) is 6.42 Å². The van der Waals surface area contributed by atoms with Gasteiger partial charge in [0.2, 0.25) is 0 Å². The molecular weight excluding hydrogens is 206 g/mol. The largest absolute Gasteiger partial charge is 0.405 e. The van der Waals surface area contributed by atoms with Gasteiger partial charge in [-0.05, 0) is 56.2 Å². The molecule has 1 heteroatoms. The van der Waals surface area contributed by atoms with Crippen molar-refractivity contribution in [3.8, 4) is 0 Å². The van der Waals surface area contributed by atoms with Gasteiger partial charge in [0.25, 0.3) is 0 Å². The van der Waals surface area contributed by atoms with E-state index in [1.807, 2.05) is 19.1 Å². The molecule has 0 saturated heterocycles. The Kier molecular flexibility index (Phi) is 5.28. The maximum atomic E-state index is 5.35. The molecular formula is C16H21N. The van der Waals surface area contributed by atoms with Crippen LogP contribution in [0.5, 0.6) is 0 Å². The predicted molar refractivity (Wildman–Crippen MR) is 76.7 cm³/mol. The van der Waals surface area contributed by atoms with Gasteiger partial charge in [0, 0.05) is 0 Å². The Morgan fingerprint density at radius 3 is 2.71 bits per heavy atom. The Bertz CT molecular complexity index is 451. The summed E-state index contributed by atoms with van der Waals surface area (Å²) in [6, 6.07) is 6.67. The van der Waals surface area contributed by atoms with Crippen molar-refractivity contribution in [3.63, 3.8) is 0 Å². The maximum absolute atomic E-state index is 5.35. The van der Waals surface area contributed by atoms with Crippen LogP contribution in [-0.4, -0.2) is 0 Å². The van der Waals surface area contributed by atoms with Gasteiger partial charge >= 0.3 is 0 Å². The topological polar surface area (TPSA) is 26.0 Å². The first kappa shape index (κ1) is 13.3. The van der Waals surface area contributed by atoms with Crippen molar-refractivity contribution < 1.29 is 0 Å². The molecule has 0 aliphatic carbocycles. The molecule has 90 valence electrons. The summed E-state index contributed by atoms with van der Waals surface area (Å²) >= 11 is 0. The minimum Gasteiger partial charge on any atom is -0.405 e. The van der Waals surface area contributed by atoms with Crippen LogP contribution in [0.25, 0.3) is 5.57 Å². The van der Waals surface area contributed by atoms with E-state index in [2.05, 4.69) is 44.2 Å². The van der Waals surface area contributed by atoms with E-state index in [0.29, 0.717) is 0 Å². The molecule has 0 aliphatic rings. The van der Waals surface area contributed by atoms with Crippen LogP contribution in [0, 0.1) is 6.92 Å². The molecule has 2 N–H and O–H groups in total. The summed E-state index contributed by atoms with van der Waals surface area (Å²) in [4.78, 5) is 0. The average Bonchev–Trinajstić information content (AvgIpc) is 2.32. The van der Waals surface area contributed by atoms with E-state index in [9.17, 15) is 0 Å². The van der Waals surface area contributed by atoms with Crippen LogP contribution in [0.3, 0.4) is 0 Å². The highest BCUT2D eigenvalue weighted by molar-refractivity contribution is 5.66. The summed E-state index contributed by atoms with van der Waals surface area (Å²) in [6.07, 6.45) is 10.7. The molecule has 1 aromatic rings. The second-order valence-electron chi connectivity index (χ2n) is 4.22. The monoisotopic (exact) mass is 227 g/mol. The van der Waals surface area contributed by atoms with Crippen molar-refractivity contribution in [1.82, 2.24) is 0 Å². The predicted octanol–water partition coefficient (Wildman–Crippen LogP) is 3.99. The molecule has 1 rings (SSSR count). The molecule has 0 spiro atoms. The SMILES string of the molecule is C/C=C\Cc1cc(C)cc(/C(C)=C/C=C\N)c1. The first-order valence-corrected chi connectivity index (χ1v) is 5.94. The van der Waals surface area contributed by atoms with Gasteiger partial charge in [-0.25, -0.2) is 0 Å². The van der Waals surface area contributed by atoms with Crippen LogP contribution < -0.4 is 5.73 Å². The van der Waals surface area contributed by atoms with E-state index < -0.39 is 0 Å². The third kappa shape index (κ3) is 4.31. The first-order valence-electron chi connectivity index (χ1n) is 5.94. The summed E-state index contributed by atoms with van der Waals surface area (Å²) in [5, 5.41) is 0. The number of aryl methyl sites for hydroxylation is 1. The summed E-state index contributed by atoms with van der Waals surface area (Å²) in [5.74, 6) is 0. The van der Waals surface area contributed by atoms with Gasteiger partial charge in [0.1, 0.15) is 0 Å². The van der Waals surface area contributed by atoms with Gasteiger partial charge < -0.3 is 5.73 Å². The molecule has 0 fully saturated rings. The molecule has 0 saturated carbocycles. The Balaban J connectivity index is 3.04. The van der Waals surface area contributed by atoms with E-state index >= 15 is 0 Å². The summed E-state index contributed by atoms with van der Waals surface area (Å²) < 4.78 is 0. The van der Waals surface area contributed by atoms with Crippen LogP contribution >= 0.6 is 0 Å². The lowest BCUT2D eigenvalue weighted by Crippen LogP contribution is -1.88. The van der Waals surface area contributed by atoms with E-state index in [-0.39, 0.29) is 0 Å². The minimum atomic E-state index is 0.991. The minimum absolute atomic E-state index is 0.991. The highest BCUT2D eigenvalue weighted by Gasteiger charge is 1.99. The zero-order chi connectivity index (χ0) is 12.7. The lowest BCUT2D eigenvalue weighted by Gasteiger charge is -2.06. The molecule has 1 aromatic carbocycles. The molecule has 0 bridgehead atoms. The standard InChI is InChI=1S/C16H21N/c1-4-5-8-15-10-13(2)11-16(12-15)14(3)7-6-9-17/h4-7,9-12H,8,17H2,1-3H3/b5-4-,9-6-,14-7+. The van der Waals surface area contributed by atoms with Gasteiger partial charge in [0.15, 0.2) is 0 Å². The zero-order valence-electron chi connectivity index (χ0n) is 10.9. The van der Waals surface area contributed by atoms with Crippen molar-refractivity contribution >= 4 is 5.57 Å². The number of hydrogen-bond acceptors (Lipinski definition) is 1. The van der Waals surface area contributed by atoms with E-state index in [1.54, 1.807) is 6.20 Å². The Morgan fingerprint density at radius 1 is 1.29 bits per heavy atom. The Hall–Kier alpha value is -1.76. The fourth-order valence-corrected chi connectivity index (χ4v) is 1.76. The summed E-state index contributed by atoms with van der Waals surface area (Å²) in [5.41, 5.74) is 10.5. The molecule has 1 nitrogen and oxygen atoms in total. The summed E-state index contributed by atoms with van der Waals surface area (Å²) in [6.45, 7) is 6.29. The van der Waals surface area contributed by atoms with Gasteiger partial charge in [-0.1, -0.05) is 42.0 Å². The van der Waals surface area contributed by atoms with Crippen molar-refractivity contribution in [1.29, 1.82) is 0 Å². The lowest BCUT2D eigenvalue weighted by molar-refractivity contribution is 1.23. The van der Waals surface area contributed by atoms with Crippen molar-refractivity contribution in [2.24, 2.45) is 5.73 Å². The van der Waals surface area contributed by atoms with Crippen LogP contribution in [0.15, 0.2) is 48.7 Å². The second-order valence-corrected chi connectivity index (χ2v) is 4.22. The van der Waals surface area contributed by atoms with Crippen molar-refractivity contribution in [2.75, 3.05) is 0 Å². The molecule has 0 radical (unpaired) electrons. The first-order chi connectivity index (χ1) is 8.17. The normalized spacial score (nSPS) is 12.8. The van der Waals surface area contributed by atoms with Crippen molar-refractivity contribution in [3.05, 3.63) is 65.4 Å². The van der Waals surface area contributed by atoms with Gasteiger partial charge in [-0.15, -0.1) is 0 Å². The van der Waals surface area contributed by atoms with Crippen LogP contribution in [0.1, 0.15) is 30.5 Å². The second kappa shape index (κ2) is 6.74. The number of benzene rings is 1. The molecule has 17 heavy (non-hydrogen) atoms. The highest BCUT2D eigenvalue weighted by Crippen LogP contribution is 2.18. The lowest BCUT2D eigenvalue weighted by atomic mass is 9.99. The Morgan fingerprint density at radius 2 is 2.06 bits per heavy atom. The number of nitrogens with two attached hydrogens (primary N) is 1. The molecule has 0 heterocycles. The molecule has 0 amide bonds. The summed E-state index contributed by atoms with van der Waals surface area (Å²) in [7, 11) is 0. The van der Waals surface area contributed by atoms with Gasteiger partial charge in [-0.3, -0.25) is 0 Å². The smallest absolute Gasteiger partial charge is 0.00623 e. The van der Waals surface area contributed by atoms with Crippen LogP contribution in [0.2, 0.25) is 0 Å². The Labute approximate surface area is 104 Å². The molecule has 0 aliphatic heterocycles. The van der Waals surface area contributed by atoms with E-state index in [1.165, 1.54) is 22.3 Å². The highest BCUT2D eigenvalue weighted by atomic mass is 14.5. The number of hydrogen-bond donors (Lipinski definition) is 1. The molecule has 0 atom stereocenters. The van der Waals surface area contributed by atoms with Gasteiger partial charge in [0.05, 0.1) is 0 Å². The van der Waals surface area contributed by atoms with Crippen molar-refractivity contribution in [2.45, 2.75) is 27.2 Å². The number of allylic oxidation sites excluding steroid dienone is 5. The average molecular weight is 227 g/mol. The number of rotatable bonds is 4. The molecule has 0 unspecified atom stereocenters. The van der Waals surface area contributed by atoms with Crippen LogP contribution in [-0.2, 0) is 6.42 Å². The van der Waals surface area contributed by atoms with Crippen LogP contribution in [0.4, 0.5) is 0 Å². The fourth-order valence-electron chi connectivity index (χ4n) is 1.76. The maximum Gasteiger partial charge on any atom is -0.00623 e. The third-order valence-corrected chi connectivity index (χ3v) is 2.64. The van der Waals surface area contributed by atoms with E-state index in [4.69, 9.17) is 5.73 Å². The third-order valence-electron chi connectivity index (χ3n) is 2.64. The quantitative estimate of drug-likeness (QED) is 0.611. The molecule has 0 aromatic heterocycles. The van der Waals surface area contributed by atoms with Gasteiger partial charge in [-0.2, -0.15) is 0 Å². The fraction of sp³-hybridized carbons (Fsp3) is 0.250.